The summed E-state index contributed by atoms with van der Waals surface area (Å²) in [5.74, 6) is 0.0776. The van der Waals surface area contributed by atoms with Crippen molar-refractivity contribution in [2.75, 3.05) is 26.0 Å². The van der Waals surface area contributed by atoms with Gasteiger partial charge in [-0.2, -0.15) is 0 Å². The summed E-state index contributed by atoms with van der Waals surface area (Å²) in [6.07, 6.45) is 1.35. The zero-order valence-corrected chi connectivity index (χ0v) is 14.0. The molecule has 0 spiro atoms. The predicted octanol–water partition coefficient (Wildman–Crippen LogP) is 2.16. The maximum Gasteiger partial charge on any atom is 0.315 e. The number of amides is 1. The molecule has 0 aliphatic carbocycles. The fourth-order valence-electron chi connectivity index (χ4n) is 2.48. The Hall–Kier alpha value is -1.82. The number of likely N-dealkylation sites (tertiary alicyclic amines) is 1. The lowest BCUT2D eigenvalue weighted by Gasteiger charge is -2.16. The molecule has 23 heavy (non-hydrogen) atoms. The van der Waals surface area contributed by atoms with Crippen molar-refractivity contribution in [2.24, 2.45) is 0 Å². The van der Waals surface area contributed by atoms with Gasteiger partial charge in [-0.25, -0.2) is 0 Å². The van der Waals surface area contributed by atoms with Crippen LogP contribution in [0.3, 0.4) is 0 Å². The number of esters is 1. The Morgan fingerprint density at radius 2 is 1.96 bits per heavy atom. The van der Waals surface area contributed by atoms with Crippen LogP contribution in [0, 0.1) is 0 Å². The third-order valence-electron chi connectivity index (χ3n) is 3.82. The first kappa shape index (κ1) is 17.5. The first-order valence-electron chi connectivity index (χ1n) is 7.64. The molecule has 6 heteroatoms. The van der Waals surface area contributed by atoms with Gasteiger partial charge in [0.15, 0.2) is 5.78 Å². The van der Waals surface area contributed by atoms with Crippen LogP contribution in [0.1, 0.15) is 29.6 Å². The Morgan fingerprint density at radius 3 is 2.65 bits per heavy atom. The van der Waals surface area contributed by atoms with Gasteiger partial charge in [0, 0.05) is 36.7 Å². The van der Waals surface area contributed by atoms with E-state index >= 15 is 0 Å². The van der Waals surface area contributed by atoms with E-state index in [0.29, 0.717) is 24.4 Å². The maximum absolute atomic E-state index is 12.2. The molecular weight excluding hydrogens is 314 g/mol. The summed E-state index contributed by atoms with van der Waals surface area (Å²) in [4.78, 5) is 37.1. The highest BCUT2D eigenvalue weighted by atomic mass is 32.2. The lowest BCUT2D eigenvalue weighted by molar-refractivity contribution is -0.137. The van der Waals surface area contributed by atoms with Crippen molar-refractivity contribution in [3.05, 3.63) is 35.9 Å². The van der Waals surface area contributed by atoms with Crippen LogP contribution in [0.5, 0.6) is 0 Å². The van der Waals surface area contributed by atoms with E-state index in [1.165, 1.54) is 18.9 Å². The summed E-state index contributed by atoms with van der Waals surface area (Å²) in [7, 11) is 1.37. The first-order chi connectivity index (χ1) is 11.1. The molecule has 1 aliphatic heterocycles. The van der Waals surface area contributed by atoms with E-state index in [0.717, 1.165) is 6.42 Å². The third-order valence-corrected chi connectivity index (χ3v) is 5.08. The van der Waals surface area contributed by atoms with Crippen molar-refractivity contribution in [3.8, 4) is 0 Å². The highest BCUT2D eigenvalue weighted by Gasteiger charge is 2.27. The Kier molecular flexibility index (Phi) is 6.65. The quantitative estimate of drug-likeness (QED) is 0.564. The van der Waals surface area contributed by atoms with Gasteiger partial charge in [-0.15, -0.1) is 11.8 Å². The molecule has 0 bridgehead atoms. The number of methoxy groups -OCH3 is 1. The topological polar surface area (TPSA) is 63.7 Å². The second kappa shape index (κ2) is 8.72. The van der Waals surface area contributed by atoms with Crippen molar-refractivity contribution in [2.45, 2.75) is 24.5 Å². The average Bonchev–Trinajstić information content (AvgIpc) is 3.07. The number of carbonyl (C=O) groups excluding carboxylic acids is 3. The molecule has 0 radical (unpaired) electrons. The van der Waals surface area contributed by atoms with Crippen LogP contribution in [0.4, 0.5) is 0 Å². The summed E-state index contributed by atoms with van der Waals surface area (Å²) in [5.41, 5.74) is 0.647. The number of ether oxygens (including phenoxy) is 1. The predicted molar refractivity (Wildman–Crippen MR) is 89.5 cm³/mol. The average molecular weight is 335 g/mol. The molecule has 124 valence electrons. The normalized spacial score (nSPS) is 17.1. The summed E-state index contributed by atoms with van der Waals surface area (Å²) in [6, 6.07) is 9.03. The Morgan fingerprint density at radius 1 is 1.22 bits per heavy atom. The molecule has 0 saturated carbocycles. The molecule has 1 aromatic carbocycles. The largest absolute Gasteiger partial charge is 0.468 e. The monoisotopic (exact) mass is 335 g/mol. The molecule has 1 heterocycles. The smallest absolute Gasteiger partial charge is 0.315 e. The van der Waals surface area contributed by atoms with Crippen LogP contribution < -0.4 is 0 Å². The number of thioether (sulfide) groups is 1. The van der Waals surface area contributed by atoms with Gasteiger partial charge in [-0.05, 0) is 6.42 Å². The summed E-state index contributed by atoms with van der Waals surface area (Å²) >= 11 is 1.52. The molecule has 1 atom stereocenters. The van der Waals surface area contributed by atoms with Crippen molar-refractivity contribution in [1.82, 2.24) is 4.90 Å². The Balaban J connectivity index is 1.72. The summed E-state index contributed by atoms with van der Waals surface area (Å²) < 4.78 is 4.61. The minimum Gasteiger partial charge on any atom is -0.468 e. The van der Waals surface area contributed by atoms with Crippen molar-refractivity contribution >= 4 is 29.4 Å². The first-order valence-corrected chi connectivity index (χ1v) is 8.69. The van der Waals surface area contributed by atoms with Crippen molar-refractivity contribution in [1.29, 1.82) is 0 Å². The molecular formula is C17H21NO4S. The SMILES string of the molecule is COC(=O)CSC1CCN(C(=O)CCC(=O)c2ccccc2)C1. The highest BCUT2D eigenvalue weighted by Crippen LogP contribution is 2.23. The van der Waals surface area contributed by atoms with E-state index in [4.69, 9.17) is 0 Å². The van der Waals surface area contributed by atoms with E-state index in [2.05, 4.69) is 4.74 Å². The number of rotatable bonds is 7. The van der Waals surface area contributed by atoms with E-state index in [9.17, 15) is 14.4 Å². The highest BCUT2D eigenvalue weighted by molar-refractivity contribution is 8.00. The number of nitrogens with zero attached hydrogens (tertiary/aromatic N) is 1. The second-order valence-electron chi connectivity index (χ2n) is 5.43. The number of ketones is 1. The van der Waals surface area contributed by atoms with Gasteiger partial charge in [0.2, 0.25) is 5.91 Å². The summed E-state index contributed by atoms with van der Waals surface area (Å²) in [5, 5.41) is 0.267. The molecule has 1 aliphatic rings. The van der Waals surface area contributed by atoms with Crippen LogP contribution in [-0.4, -0.2) is 53.8 Å². The van der Waals surface area contributed by atoms with Gasteiger partial charge in [0.25, 0.3) is 0 Å². The third kappa shape index (κ3) is 5.39. The second-order valence-corrected chi connectivity index (χ2v) is 6.72. The minimum absolute atomic E-state index is 0.00485. The Labute approximate surface area is 140 Å². The molecule has 1 fully saturated rings. The molecule has 1 aromatic rings. The molecule has 1 unspecified atom stereocenters. The van der Waals surface area contributed by atoms with Crippen LogP contribution in [0.2, 0.25) is 0 Å². The number of Topliss-reactive ketones (excluding diaryl/α,β-unsaturated/α-hetero) is 1. The summed E-state index contributed by atoms with van der Waals surface area (Å²) in [6.45, 7) is 1.33. The fraction of sp³-hybridized carbons (Fsp3) is 0.471. The molecule has 5 nitrogen and oxygen atoms in total. The van der Waals surface area contributed by atoms with Gasteiger partial charge in [0.05, 0.1) is 12.9 Å². The van der Waals surface area contributed by atoms with Crippen LogP contribution in [0.15, 0.2) is 30.3 Å². The van der Waals surface area contributed by atoms with Crippen LogP contribution >= 0.6 is 11.8 Å². The van der Waals surface area contributed by atoms with E-state index < -0.39 is 0 Å². The lowest BCUT2D eigenvalue weighted by Crippen LogP contribution is -2.29. The van der Waals surface area contributed by atoms with Crippen molar-refractivity contribution < 1.29 is 19.1 Å². The number of benzene rings is 1. The van der Waals surface area contributed by atoms with Gasteiger partial charge in [-0.1, -0.05) is 30.3 Å². The number of hydrogen-bond donors (Lipinski definition) is 0. The molecule has 1 amide bonds. The molecule has 0 aromatic heterocycles. The zero-order chi connectivity index (χ0) is 16.7. The van der Waals surface area contributed by atoms with Crippen molar-refractivity contribution in [3.63, 3.8) is 0 Å². The zero-order valence-electron chi connectivity index (χ0n) is 13.2. The van der Waals surface area contributed by atoms with E-state index in [-0.39, 0.29) is 35.8 Å². The molecule has 1 saturated heterocycles. The molecule has 0 N–H and O–H groups in total. The van der Waals surface area contributed by atoms with E-state index in [1.807, 2.05) is 18.2 Å². The van der Waals surface area contributed by atoms with Gasteiger partial charge >= 0.3 is 5.97 Å². The molecule has 2 rings (SSSR count). The maximum atomic E-state index is 12.2. The van der Waals surface area contributed by atoms with E-state index in [1.54, 1.807) is 17.0 Å². The van der Waals surface area contributed by atoms with Gasteiger partial charge in [-0.3, -0.25) is 14.4 Å². The van der Waals surface area contributed by atoms with Gasteiger partial charge < -0.3 is 9.64 Å². The van der Waals surface area contributed by atoms with Gasteiger partial charge in [0.1, 0.15) is 0 Å². The minimum atomic E-state index is -0.242. The van der Waals surface area contributed by atoms with Crippen LogP contribution in [-0.2, 0) is 14.3 Å². The van der Waals surface area contributed by atoms with Crippen LogP contribution in [0.25, 0.3) is 0 Å². The number of carbonyl (C=O) groups is 3. The fourth-order valence-corrected chi connectivity index (χ4v) is 3.53. The standard InChI is InChI=1S/C17H21NO4S/c1-22-17(21)12-23-14-9-10-18(11-14)16(20)8-7-15(19)13-5-3-2-4-6-13/h2-6,14H,7-12H2,1H3. The lowest BCUT2D eigenvalue weighted by atomic mass is 10.1. The number of hydrogen-bond acceptors (Lipinski definition) is 5. The Bertz CT molecular complexity index is 561.